The van der Waals surface area contributed by atoms with E-state index in [1.165, 1.54) is 11.3 Å². The number of piperazine rings is 1. The van der Waals surface area contributed by atoms with E-state index in [0.717, 1.165) is 24.1 Å². The van der Waals surface area contributed by atoms with E-state index in [1.54, 1.807) is 0 Å². The first-order valence-corrected chi connectivity index (χ1v) is 6.73. The van der Waals surface area contributed by atoms with Crippen LogP contribution in [0, 0.1) is 6.92 Å². The smallest absolute Gasteiger partial charge is 0.0648 e. The molecule has 0 radical (unpaired) electrons. The molecule has 0 amide bonds. The largest absolute Gasteiger partial charge is 0.394 e. The van der Waals surface area contributed by atoms with E-state index in [0.29, 0.717) is 0 Å². The van der Waals surface area contributed by atoms with Crippen LogP contribution in [0.2, 0.25) is 0 Å². The number of likely N-dealkylation sites (N-methyl/N-ethyl adjacent to an activating group) is 1. The molecule has 4 heteroatoms. The Morgan fingerprint density at radius 3 is 2.82 bits per heavy atom. The minimum atomic E-state index is 0.188. The summed E-state index contributed by atoms with van der Waals surface area (Å²) in [5.74, 6) is 0. The number of aliphatic hydroxyl groups is 1. The van der Waals surface area contributed by atoms with Crippen LogP contribution in [0.1, 0.15) is 5.56 Å². The molecule has 0 aromatic heterocycles. The van der Waals surface area contributed by atoms with Gasteiger partial charge in [-0.2, -0.15) is 0 Å². The van der Waals surface area contributed by atoms with Crippen molar-refractivity contribution >= 4 is 21.6 Å². The van der Waals surface area contributed by atoms with E-state index < -0.39 is 0 Å². The number of hydrogen-bond acceptors (Lipinski definition) is 3. The lowest BCUT2D eigenvalue weighted by Gasteiger charge is -2.41. The molecule has 1 aromatic rings. The standard InChI is InChI=1S/C13H19BrN2O/c1-10-3-4-13(12(14)7-10)16-6-5-15(2)8-11(16)9-17/h3-4,7,11,17H,5-6,8-9H2,1-2H3. The van der Waals surface area contributed by atoms with Crippen molar-refractivity contribution in [1.29, 1.82) is 0 Å². The molecule has 0 spiro atoms. The molecule has 1 atom stereocenters. The lowest BCUT2D eigenvalue weighted by Crippen LogP contribution is -2.53. The van der Waals surface area contributed by atoms with Gasteiger partial charge in [-0.1, -0.05) is 6.07 Å². The van der Waals surface area contributed by atoms with Crippen molar-refractivity contribution in [2.75, 3.05) is 38.2 Å². The van der Waals surface area contributed by atoms with Gasteiger partial charge in [0, 0.05) is 24.1 Å². The fraction of sp³-hybridized carbons (Fsp3) is 0.538. The molecular weight excluding hydrogens is 280 g/mol. The number of hydrogen-bond donors (Lipinski definition) is 1. The van der Waals surface area contributed by atoms with E-state index >= 15 is 0 Å². The summed E-state index contributed by atoms with van der Waals surface area (Å²) in [5, 5.41) is 9.50. The fourth-order valence-corrected chi connectivity index (χ4v) is 3.05. The Morgan fingerprint density at radius 1 is 1.41 bits per heavy atom. The second kappa shape index (κ2) is 5.38. The Kier molecular flexibility index (Phi) is 4.07. The van der Waals surface area contributed by atoms with Crippen LogP contribution in [0.4, 0.5) is 5.69 Å². The molecule has 1 heterocycles. The van der Waals surface area contributed by atoms with Gasteiger partial charge < -0.3 is 14.9 Å². The van der Waals surface area contributed by atoms with Crippen LogP contribution >= 0.6 is 15.9 Å². The number of nitrogens with zero attached hydrogens (tertiary/aromatic N) is 2. The van der Waals surface area contributed by atoms with E-state index in [-0.39, 0.29) is 12.6 Å². The van der Waals surface area contributed by atoms with Crippen LogP contribution in [0.3, 0.4) is 0 Å². The second-order valence-electron chi connectivity index (χ2n) is 4.75. The van der Waals surface area contributed by atoms with Crippen molar-refractivity contribution in [3.05, 3.63) is 28.2 Å². The fourth-order valence-electron chi connectivity index (χ4n) is 2.33. The molecule has 3 nitrogen and oxygen atoms in total. The van der Waals surface area contributed by atoms with Crippen molar-refractivity contribution in [1.82, 2.24) is 4.90 Å². The predicted molar refractivity (Wildman–Crippen MR) is 74.6 cm³/mol. The summed E-state index contributed by atoms with van der Waals surface area (Å²) < 4.78 is 1.11. The van der Waals surface area contributed by atoms with Crippen LogP contribution in [0.15, 0.2) is 22.7 Å². The van der Waals surface area contributed by atoms with E-state index in [1.807, 2.05) is 0 Å². The van der Waals surface area contributed by atoms with Crippen molar-refractivity contribution in [2.45, 2.75) is 13.0 Å². The van der Waals surface area contributed by atoms with Gasteiger partial charge in [0.1, 0.15) is 0 Å². The molecule has 0 bridgehead atoms. The molecular formula is C13H19BrN2O. The summed E-state index contributed by atoms with van der Waals surface area (Å²) in [5.41, 5.74) is 2.43. The molecule has 1 saturated heterocycles. The predicted octanol–water partition coefficient (Wildman–Crippen LogP) is 1.87. The number of aliphatic hydroxyl groups excluding tert-OH is 1. The van der Waals surface area contributed by atoms with Crippen molar-refractivity contribution in [2.24, 2.45) is 0 Å². The number of aryl methyl sites for hydroxylation is 1. The first kappa shape index (κ1) is 12.9. The minimum absolute atomic E-state index is 0.188. The van der Waals surface area contributed by atoms with Gasteiger partial charge in [0.05, 0.1) is 18.3 Å². The number of halogens is 1. The highest BCUT2D eigenvalue weighted by molar-refractivity contribution is 9.10. The van der Waals surface area contributed by atoms with Crippen LogP contribution in [-0.2, 0) is 0 Å². The molecule has 1 N–H and O–H groups in total. The zero-order valence-electron chi connectivity index (χ0n) is 10.4. The first-order valence-electron chi connectivity index (χ1n) is 5.94. The molecule has 94 valence electrons. The summed E-state index contributed by atoms with van der Waals surface area (Å²) in [4.78, 5) is 4.56. The molecule has 1 aromatic carbocycles. The molecule has 1 aliphatic rings. The van der Waals surface area contributed by atoms with Gasteiger partial charge in [-0.3, -0.25) is 0 Å². The summed E-state index contributed by atoms with van der Waals surface area (Å²) in [6, 6.07) is 6.57. The molecule has 1 fully saturated rings. The average molecular weight is 299 g/mol. The minimum Gasteiger partial charge on any atom is -0.394 e. The van der Waals surface area contributed by atoms with Gasteiger partial charge in [0.2, 0.25) is 0 Å². The Balaban J connectivity index is 2.25. The van der Waals surface area contributed by atoms with Gasteiger partial charge in [-0.25, -0.2) is 0 Å². The van der Waals surface area contributed by atoms with Crippen LogP contribution < -0.4 is 4.90 Å². The monoisotopic (exact) mass is 298 g/mol. The average Bonchev–Trinajstić information content (AvgIpc) is 2.30. The van der Waals surface area contributed by atoms with E-state index in [4.69, 9.17) is 0 Å². The SMILES string of the molecule is Cc1ccc(N2CCN(C)CC2CO)c(Br)c1. The molecule has 17 heavy (non-hydrogen) atoms. The first-order chi connectivity index (χ1) is 8.11. The third kappa shape index (κ3) is 2.81. The van der Waals surface area contributed by atoms with Gasteiger partial charge in [-0.05, 0) is 47.6 Å². The zero-order chi connectivity index (χ0) is 12.4. The molecule has 0 aliphatic carbocycles. The van der Waals surface area contributed by atoms with Crippen LogP contribution in [0.25, 0.3) is 0 Å². The topological polar surface area (TPSA) is 26.7 Å². The maximum Gasteiger partial charge on any atom is 0.0648 e. The molecule has 1 unspecified atom stereocenters. The van der Waals surface area contributed by atoms with Gasteiger partial charge >= 0.3 is 0 Å². The van der Waals surface area contributed by atoms with Gasteiger partial charge in [-0.15, -0.1) is 0 Å². The van der Waals surface area contributed by atoms with Crippen LogP contribution in [0.5, 0.6) is 0 Å². The molecule has 0 saturated carbocycles. The number of benzene rings is 1. The third-order valence-electron chi connectivity index (χ3n) is 3.31. The van der Waals surface area contributed by atoms with Crippen molar-refractivity contribution in [3.63, 3.8) is 0 Å². The number of anilines is 1. The highest BCUT2D eigenvalue weighted by Crippen LogP contribution is 2.29. The van der Waals surface area contributed by atoms with Crippen LogP contribution in [-0.4, -0.2) is 49.3 Å². The Morgan fingerprint density at radius 2 is 2.18 bits per heavy atom. The molecule has 1 aliphatic heterocycles. The quantitative estimate of drug-likeness (QED) is 0.903. The number of rotatable bonds is 2. The normalized spacial score (nSPS) is 21.9. The lowest BCUT2D eigenvalue weighted by molar-refractivity contribution is 0.191. The zero-order valence-corrected chi connectivity index (χ0v) is 11.9. The highest BCUT2D eigenvalue weighted by Gasteiger charge is 2.25. The summed E-state index contributed by atoms with van der Waals surface area (Å²) in [6.45, 7) is 5.20. The van der Waals surface area contributed by atoms with Gasteiger partial charge in [0.25, 0.3) is 0 Å². The van der Waals surface area contributed by atoms with E-state index in [9.17, 15) is 5.11 Å². The maximum atomic E-state index is 9.50. The second-order valence-corrected chi connectivity index (χ2v) is 5.60. The lowest BCUT2D eigenvalue weighted by atomic mass is 10.1. The molecule has 2 rings (SSSR count). The van der Waals surface area contributed by atoms with Crippen molar-refractivity contribution < 1.29 is 5.11 Å². The third-order valence-corrected chi connectivity index (χ3v) is 3.94. The summed E-state index contributed by atoms with van der Waals surface area (Å²) in [6.07, 6.45) is 0. The van der Waals surface area contributed by atoms with Gasteiger partial charge in [0.15, 0.2) is 0 Å². The Bertz CT molecular complexity index is 397. The highest BCUT2D eigenvalue weighted by atomic mass is 79.9. The maximum absolute atomic E-state index is 9.50. The Hall–Kier alpha value is -0.580. The summed E-state index contributed by atoms with van der Waals surface area (Å²) >= 11 is 3.62. The summed E-state index contributed by atoms with van der Waals surface area (Å²) in [7, 11) is 2.10. The van der Waals surface area contributed by atoms with Crippen molar-refractivity contribution in [3.8, 4) is 0 Å². The van der Waals surface area contributed by atoms with E-state index in [2.05, 4.69) is 57.9 Å². The Labute approximate surface area is 111 Å².